The molecule has 3 N–H and O–H groups in total. The van der Waals surface area contributed by atoms with Gasteiger partial charge in [-0.2, -0.15) is 0 Å². The van der Waals surface area contributed by atoms with Crippen molar-refractivity contribution in [2.24, 2.45) is 5.92 Å². The molecule has 21 heavy (non-hydrogen) atoms. The van der Waals surface area contributed by atoms with E-state index < -0.39 is 0 Å². The van der Waals surface area contributed by atoms with Crippen molar-refractivity contribution in [1.82, 2.24) is 4.90 Å². The van der Waals surface area contributed by atoms with E-state index in [1.807, 2.05) is 0 Å². The van der Waals surface area contributed by atoms with Crippen molar-refractivity contribution in [2.75, 3.05) is 44.4 Å². The highest BCUT2D eigenvalue weighted by molar-refractivity contribution is 6.33. The molecule has 1 aliphatic rings. The number of nitrogens with two attached hydrogens (primary N) is 1. The number of carbonyl (C=O) groups excluding carboxylic acids is 1. The molecular formula is C15H22ClN3O2. The Morgan fingerprint density at radius 3 is 2.81 bits per heavy atom. The Balaban J connectivity index is 1.78. The summed E-state index contributed by atoms with van der Waals surface area (Å²) in [4.78, 5) is 14.2. The van der Waals surface area contributed by atoms with Gasteiger partial charge in [0.05, 0.1) is 17.3 Å². The third-order valence-corrected chi connectivity index (χ3v) is 4.10. The van der Waals surface area contributed by atoms with Gasteiger partial charge in [-0.15, -0.1) is 0 Å². The SMILES string of the molecule is COCC1CCN(CC(=O)Nc2ccc(Cl)c(N)c2)CC1. The molecule has 6 heteroatoms. The highest BCUT2D eigenvalue weighted by Gasteiger charge is 2.20. The molecule has 0 radical (unpaired) electrons. The van der Waals surface area contributed by atoms with Gasteiger partial charge < -0.3 is 15.8 Å². The zero-order chi connectivity index (χ0) is 15.2. The quantitative estimate of drug-likeness (QED) is 0.818. The van der Waals surface area contributed by atoms with Crippen molar-refractivity contribution in [3.05, 3.63) is 23.2 Å². The minimum atomic E-state index is -0.0260. The summed E-state index contributed by atoms with van der Waals surface area (Å²) in [5.74, 6) is 0.590. The van der Waals surface area contributed by atoms with Gasteiger partial charge in [-0.05, 0) is 50.0 Å². The number of halogens is 1. The van der Waals surface area contributed by atoms with Crippen molar-refractivity contribution in [3.63, 3.8) is 0 Å². The predicted molar refractivity (Wildman–Crippen MR) is 85.5 cm³/mol. The van der Waals surface area contributed by atoms with Crippen LogP contribution in [0.25, 0.3) is 0 Å². The summed E-state index contributed by atoms with van der Waals surface area (Å²) in [6.45, 7) is 3.08. The van der Waals surface area contributed by atoms with Crippen LogP contribution in [0.3, 0.4) is 0 Å². The Morgan fingerprint density at radius 2 is 2.19 bits per heavy atom. The highest BCUT2D eigenvalue weighted by Crippen LogP contribution is 2.22. The lowest BCUT2D eigenvalue weighted by Crippen LogP contribution is -2.40. The lowest BCUT2D eigenvalue weighted by molar-refractivity contribution is -0.117. The van der Waals surface area contributed by atoms with Gasteiger partial charge in [-0.1, -0.05) is 11.6 Å². The summed E-state index contributed by atoms with van der Waals surface area (Å²) < 4.78 is 5.18. The van der Waals surface area contributed by atoms with Crippen molar-refractivity contribution >= 4 is 28.9 Å². The highest BCUT2D eigenvalue weighted by atomic mass is 35.5. The molecule has 1 amide bonds. The first-order valence-corrected chi connectivity index (χ1v) is 7.52. The first kappa shape index (κ1) is 16.1. The second-order valence-corrected chi connectivity index (χ2v) is 5.87. The molecule has 1 heterocycles. The van der Waals surface area contributed by atoms with Gasteiger partial charge in [-0.3, -0.25) is 9.69 Å². The summed E-state index contributed by atoms with van der Waals surface area (Å²) in [5.41, 5.74) is 6.86. The lowest BCUT2D eigenvalue weighted by atomic mass is 9.98. The van der Waals surface area contributed by atoms with Crippen LogP contribution in [-0.2, 0) is 9.53 Å². The number of piperidine rings is 1. The first-order valence-electron chi connectivity index (χ1n) is 7.14. The van der Waals surface area contributed by atoms with Crippen molar-refractivity contribution < 1.29 is 9.53 Å². The molecule has 1 aliphatic heterocycles. The van der Waals surface area contributed by atoms with Crippen LogP contribution in [0.2, 0.25) is 5.02 Å². The van der Waals surface area contributed by atoms with E-state index in [1.54, 1.807) is 25.3 Å². The molecule has 1 fully saturated rings. The number of nitrogens with zero attached hydrogens (tertiary/aromatic N) is 1. The maximum Gasteiger partial charge on any atom is 0.238 e. The molecule has 1 saturated heterocycles. The number of benzene rings is 1. The van der Waals surface area contributed by atoms with E-state index in [0.29, 0.717) is 28.9 Å². The molecule has 116 valence electrons. The van der Waals surface area contributed by atoms with E-state index in [9.17, 15) is 4.79 Å². The Morgan fingerprint density at radius 1 is 1.48 bits per heavy atom. The Kier molecular flexibility index (Phi) is 5.85. The van der Waals surface area contributed by atoms with Crippen LogP contribution >= 0.6 is 11.6 Å². The number of ether oxygens (including phenoxy) is 1. The smallest absolute Gasteiger partial charge is 0.238 e. The van der Waals surface area contributed by atoms with Crippen LogP contribution < -0.4 is 11.1 Å². The van der Waals surface area contributed by atoms with E-state index >= 15 is 0 Å². The number of hydrogen-bond acceptors (Lipinski definition) is 4. The predicted octanol–water partition coefficient (Wildman–Crippen LogP) is 2.22. The molecule has 2 rings (SSSR count). The Labute approximate surface area is 130 Å². The van der Waals surface area contributed by atoms with E-state index in [1.165, 1.54) is 0 Å². The number of hydrogen-bond donors (Lipinski definition) is 2. The van der Waals surface area contributed by atoms with Gasteiger partial charge >= 0.3 is 0 Å². The van der Waals surface area contributed by atoms with Crippen LogP contribution in [-0.4, -0.2) is 44.2 Å². The van der Waals surface area contributed by atoms with Crippen molar-refractivity contribution in [1.29, 1.82) is 0 Å². The monoisotopic (exact) mass is 311 g/mol. The molecule has 1 aromatic rings. The summed E-state index contributed by atoms with van der Waals surface area (Å²) in [6, 6.07) is 5.11. The van der Waals surface area contributed by atoms with E-state index in [-0.39, 0.29) is 5.91 Å². The largest absolute Gasteiger partial charge is 0.397 e. The van der Waals surface area contributed by atoms with Gasteiger partial charge in [0.1, 0.15) is 0 Å². The number of nitrogens with one attached hydrogen (secondary N) is 1. The van der Waals surface area contributed by atoms with Crippen LogP contribution in [0, 0.1) is 5.92 Å². The number of likely N-dealkylation sites (tertiary alicyclic amines) is 1. The average Bonchev–Trinajstić information content (AvgIpc) is 2.45. The summed E-state index contributed by atoms with van der Waals surface area (Å²) in [5, 5.41) is 3.34. The number of amides is 1. The molecular weight excluding hydrogens is 290 g/mol. The van der Waals surface area contributed by atoms with Crippen molar-refractivity contribution in [2.45, 2.75) is 12.8 Å². The average molecular weight is 312 g/mol. The molecule has 0 aliphatic carbocycles. The fraction of sp³-hybridized carbons (Fsp3) is 0.533. The number of methoxy groups -OCH3 is 1. The standard InChI is InChI=1S/C15H22ClN3O2/c1-21-10-11-4-6-19(7-5-11)9-15(20)18-12-2-3-13(16)14(17)8-12/h2-3,8,11H,4-7,9-10,17H2,1H3,(H,18,20). The normalized spacial score (nSPS) is 16.9. The Hall–Kier alpha value is -1.30. The molecule has 0 aromatic heterocycles. The van der Waals surface area contributed by atoms with Gasteiger partial charge in [0, 0.05) is 19.4 Å². The minimum absolute atomic E-state index is 0.0260. The van der Waals surface area contributed by atoms with Crippen LogP contribution in [0.5, 0.6) is 0 Å². The molecule has 0 saturated carbocycles. The van der Waals surface area contributed by atoms with E-state index in [0.717, 1.165) is 32.5 Å². The maximum absolute atomic E-state index is 12.0. The zero-order valence-electron chi connectivity index (χ0n) is 12.3. The zero-order valence-corrected chi connectivity index (χ0v) is 13.0. The second kappa shape index (κ2) is 7.64. The lowest BCUT2D eigenvalue weighted by Gasteiger charge is -2.31. The van der Waals surface area contributed by atoms with Gasteiger partial charge in [-0.25, -0.2) is 0 Å². The number of anilines is 2. The van der Waals surface area contributed by atoms with Gasteiger partial charge in [0.25, 0.3) is 0 Å². The topological polar surface area (TPSA) is 67.6 Å². The molecule has 0 spiro atoms. The van der Waals surface area contributed by atoms with Crippen LogP contribution in [0.15, 0.2) is 18.2 Å². The number of rotatable bonds is 5. The van der Waals surface area contributed by atoms with E-state index in [4.69, 9.17) is 22.1 Å². The second-order valence-electron chi connectivity index (χ2n) is 5.46. The van der Waals surface area contributed by atoms with Crippen molar-refractivity contribution in [3.8, 4) is 0 Å². The summed E-state index contributed by atoms with van der Waals surface area (Å²) >= 11 is 5.86. The maximum atomic E-state index is 12.0. The fourth-order valence-electron chi connectivity index (χ4n) is 2.57. The first-order chi connectivity index (χ1) is 10.1. The number of nitrogen functional groups attached to an aromatic ring is 1. The minimum Gasteiger partial charge on any atom is -0.397 e. The van der Waals surface area contributed by atoms with Crippen LogP contribution in [0.1, 0.15) is 12.8 Å². The summed E-state index contributed by atoms with van der Waals surface area (Å²) in [7, 11) is 1.73. The number of carbonyl (C=O) groups is 1. The van der Waals surface area contributed by atoms with Gasteiger partial charge in [0.2, 0.25) is 5.91 Å². The van der Waals surface area contributed by atoms with Gasteiger partial charge in [0.15, 0.2) is 0 Å². The third kappa shape index (κ3) is 4.88. The van der Waals surface area contributed by atoms with E-state index in [2.05, 4.69) is 10.2 Å². The Bertz CT molecular complexity index is 488. The molecule has 1 aromatic carbocycles. The molecule has 0 unspecified atom stereocenters. The molecule has 5 nitrogen and oxygen atoms in total. The van der Waals surface area contributed by atoms with Crippen LogP contribution in [0.4, 0.5) is 11.4 Å². The fourth-order valence-corrected chi connectivity index (χ4v) is 2.69. The summed E-state index contributed by atoms with van der Waals surface area (Å²) in [6.07, 6.45) is 2.16. The molecule has 0 atom stereocenters. The molecule has 0 bridgehead atoms. The third-order valence-electron chi connectivity index (χ3n) is 3.76.